The number of primary sulfonamides is 1. The lowest BCUT2D eigenvalue weighted by Crippen LogP contribution is -2.36. The fraction of sp³-hybridized carbons (Fsp3) is 0.333. The van der Waals surface area contributed by atoms with E-state index in [2.05, 4.69) is 20.6 Å². The smallest absolute Gasteiger partial charge is 0.357 e. The number of hydrogen-bond donors (Lipinski definition) is 3. The summed E-state index contributed by atoms with van der Waals surface area (Å²) in [4.78, 5) is 7.81. The summed E-state index contributed by atoms with van der Waals surface area (Å²) in [5, 5.41) is 12.2. The minimum Gasteiger partial charge on any atom is -0.357 e. The summed E-state index contributed by atoms with van der Waals surface area (Å²) < 4.78 is 60.5. The molecule has 1 heterocycles. The first-order valence-corrected chi connectivity index (χ1v) is 10.2. The van der Waals surface area contributed by atoms with E-state index in [4.69, 9.17) is 5.14 Å². The molecule has 0 unspecified atom stereocenters. The fourth-order valence-corrected chi connectivity index (χ4v) is 3.34. The second kappa shape index (κ2) is 8.67. The quantitative estimate of drug-likeness (QED) is 0.489. The maximum atomic E-state index is 12.6. The molecule has 12 heteroatoms. The van der Waals surface area contributed by atoms with Gasteiger partial charge in [0, 0.05) is 11.9 Å². The summed E-state index contributed by atoms with van der Waals surface area (Å²) in [5.74, 6) is 0.363. The van der Waals surface area contributed by atoms with Crippen molar-refractivity contribution in [2.45, 2.75) is 31.1 Å². The van der Waals surface area contributed by atoms with Gasteiger partial charge in [0.1, 0.15) is 5.01 Å². The summed E-state index contributed by atoms with van der Waals surface area (Å²) in [6, 6.07) is 6.04. The van der Waals surface area contributed by atoms with Gasteiger partial charge in [0.25, 0.3) is 0 Å². The molecular formula is C15H18F3N5O2S2. The Morgan fingerprint density at radius 2 is 2.07 bits per heavy atom. The molecule has 0 fully saturated rings. The van der Waals surface area contributed by atoms with Crippen molar-refractivity contribution in [1.82, 2.24) is 15.6 Å². The van der Waals surface area contributed by atoms with Gasteiger partial charge in [0.15, 0.2) is 11.7 Å². The molecule has 0 saturated carbocycles. The van der Waals surface area contributed by atoms with E-state index in [1.807, 2.05) is 6.92 Å². The fourth-order valence-electron chi connectivity index (χ4n) is 2.01. The van der Waals surface area contributed by atoms with Crippen molar-refractivity contribution in [1.29, 1.82) is 0 Å². The average Bonchev–Trinajstić information content (AvgIpc) is 3.06. The first kappa shape index (κ1) is 21.1. The van der Waals surface area contributed by atoms with Gasteiger partial charge >= 0.3 is 6.18 Å². The monoisotopic (exact) mass is 421 g/mol. The van der Waals surface area contributed by atoms with Crippen molar-refractivity contribution in [2.75, 3.05) is 6.54 Å². The number of aliphatic imine (C=N–C) groups is 1. The van der Waals surface area contributed by atoms with Crippen LogP contribution in [-0.4, -0.2) is 25.9 Å². The van der Waals surface area contributed by atoms with E-state index < -0.39 is 21.9 Å². The number of sulfonamides is 1. The van der Waals surface area contributed by atoms with E-state index in [0.717, 1.165) is 16.7 Å². The van der Waals surface area contributed by atoms with Crippen LogP contribution in [0.4, 0.5) is 13.2 Å². The van der Waals surface area contributed by atoms with Crippen LogP contribution in [0.5, 0.6) is 0 Å². The molecule has 0 aliphatic rings. The van der Waals surface area contributed by atoms with Crippen molar-refractivity contribution in [3.05, 3.63) is 45.9 Å². The first-order valence-electron chi connectivity index (χ1n) is 7.75. The predicted octanol–water partition coefficient (Wildman–Crippen LogP) is 2.06. The lowest BCUT2D eigenvalue weighted by atomic mass is 10.2. The SMILES string of the molecule is CCNC(=NCc1cccc(S(N)(=O)=O)c1)NCc1nc(C(F)(F)F)cs1. The van der Waals surface area contributed by atoms with Gasteiger partial charge in [-0.1, -0.05) is 12.1 Å². The Bertz CT molecular complexity index is 910. The van der Waals surface area contributed by atoms with Crippen molar-refractivity contribution in [3.8, 4) is 0 Å². The molecule has 27 heavy (non-hydrogen) atoms. The van der Waals surface area contributed by atoms with Gasteiger partial charge in [-0.05, 0) is 24.6 Å². The minimum absolute atomic E-state index is 0.0179. The molecule has 0 saturated heterocycles. The molecule has 0 spiro atoms. The molecule has 0 radical (unpaired) electrons. The van der Waals surface area contributed by atoms with E-state index in [1.165, 1.54) is 12.1 Å². The van der Waals surface area contributed by atoms with Gasteiger partial charge in [-0.3, -0.25) is 0 Å². The van der Waals surface area contributed by atoms with E-state index >= 15 is 0 Å². The van der Waals surface area contributed by atoms with Crippen LogP contribution in [0, 0.1) is 0 Å². The second-order valence-corrected chi connectivity index (χ2v) is 7.87. The zero-order chi connectivity index (χ0) is 20.1. The Labute approximate surface area is 158 Å². The van der Waals surface area contributed by atoms with Crippen LogP contribution >= 0.6 is 11.3 Å². The first-order chi connectivity index (χ1) is 12.6. The van der Waals surface area contributed by atoms with Crippen LogP contribution in [0.1, 0.15) is 23.2 Å². The van der Waals surface area contributed by atoms with Crippen LogP contribution < -0.4 is 15.8 Å². The average molecular weight is 421 g/mol. The highest BCUT2D eigenvalue weighted by Gasteiger charge is 2.33. The molecule has 0 aliphatic carbocycles. The van der Waals surface area contributed by atoms with Crippen molar-refractivity contribution < 1.29 is 21.6 Å². The third-order valence-electron chi connectivity index (χ3n) is 3.24. The number of nitrogens with one attached hydrogen (secondary N) is 2. The summed E-state index contributed by atoms with van der Waals surface area (Å²) in [6.07, 6.45) is -4.47. The summed E-state index contributed by atoms with van der Waals surface area (Å²) in [5.41, 5.74) is -0.307. The van der Waals surface area contributed by atoms with Crippen molar-refractivity contribution in [2.24, 2.45) is 10.1 Å². The molecular weight excluding hydrogens is 403 g/mol. The third-order valence-corrected chi connectivity index (χ3v) is 5.00. The molecule has 1 aromatic carbocycles. The maximum Gasteiger partial charge on any atom is 0.434 e. The van der Waals surface area contributed by atoms with Crippen LogP contribution in [0.3, 0.4) is 0 Å². The Balaban J connectivity index is 2.05. The minimum atomic E-state index is -4.47. The molecule has 0 atom stereocenters. The highest BCUT2D eigenvalue weighted by Crippen LogP contribution is 2.29. The van der Waals surface area contributed by atoms with Crippen LogP contribution in [0.15, 0.2) is 39.5 Å². The molecule has 1 aromatic heterocycles. The Morgan fingerprint density at radius 1 is 1.33 bits per heavy atom. The van der Waals surface area contributed by atoms with Gasteiger partial charge < -0.3 is 10.6 Å². The molecule has 4 N–H and O–H groups in total. The number of rotatable bonds is 6. The topological polar surface area (TPSA) is 109 Å². The molecule has 0 bridgehead atoms. The third kappa shape index (κ3) is 6.48. The number of alkyl halides is 3. The standard InChI is InChI=1S/C15H18F3N5O2S2/c1-2-20-14(22-8-13-23-12(9-26-13)15(16,17)18)21-7-10-4-3-5-11(6-10)27(19,24)25/h3-6,9H,2,7-8H2,1H3,(H2,19,24,25)(H2,20,21,22). The molecule has 0 aliphatic heterocycles. The van der Waals surface area contributed by atoms with Crippen LogP contribution in [-0.2, 0) is 29.3 Å². The number of hydrogen-bond acceptors (Lipinski definition) is 5. The molecule has 2 aromatic rings. The summed E-state index contributed by atoms with van der Waals surface area (Å²) in [6.45, 7) is 2.60. The van der Waals surface area contributed by atoms with Crippen molar-refractivity contribution in [3.63, 3.8) is 0 Å². The van der Waals surface area contributed by atoms with E-state index in [9.17, 15) is 21.6 Å². The van der Waals surface area contributed by atoms with Crippen LogP contribution in [0.25, 0.3) is 0 Å². The zero-order valence-corrected chi connectivity index (χ0v) is 15.9. The Morgan fingerprint density at radius 3 is 2.67 bits per heavy atom. The van der Waals surface area contributed by atoms with Gasteiger partial charge in [0.2, 0.25) is 10.0 Å². The number of guanidine groups is 1. The van der Waals surface area contributed by atoms with Gasteiger partial charge in [-0.15, -0.1) is 11.3 Å². The highest BCUT2D eigenvalue weighted by atomic mass is 32.2. The van der Waals surface area contributed by atoms with Crippen molar-refractivity contribution >= 4 is 27.3 Å². The molecule has 7 nitrogen and oxygen atoms in total. The molecule has 0 amide bonds. The number of aromatic nitrogens is 1. The van der Waals surface area contributed by atoms with Gasteiger partial charge in [0.05, 0.1) is 18.0 Å². The normalized spacial score (nSPS) is 12.9. The predicted molar refractivity (Wildman–Crippen MR) is 96.6 cm³/mol. The highest BCUT2D eigenvalue weighted by molar-refractivity contribution is 7.89. The Hall–Kier alpha value is -2.18. The van der Waals surface area contributed by atoms with E-state index in [1.54, 1.807) is 12.1 Å². The largest absolute Gasteiger partial charge is 0.434 e. The maximum absolute atomic E-state index is 12.6. The number of halogens is 3. The number of thiazole rings is 1. The number of benzene rings is 1. The lowest BCUT2D eigenvalue weighted by molar-refractivity contribution is -0.140. The van der Waals surface area contributed by atoms with Gasteiger partial charge in [-0.25, -0.2) is 23.5 Å². The molecule has 2 rings (SSSR count). The van der Waals surface area contributed by atoms with E-state index in [-0.39, 0.29) is 23.0 Å². The zero-order valence-electron chi connectivity index (χ0n) is 14.2. The second-order valence-electron chi connectivity index (χ2n) is 5.37. The van der Waals surface area contributed by atoms with Crippen LogP contribution in [0.2, 0.25) is 0 Å². The summed E-state index contributed by atoms with van der Waals surface area (Å²) in [7, 11) is -3.81. The lowest BCUT2D eigenvalue weighted by Gasteiger charge is -2.10. The number of nitrogens with zero attached hydrogens (tertiary/aromatic N) is 2. The van der Waals surface area contributed by atoms with Gasteiger partial charge in [-0.2, -0.15) is 13.2 Å². The Kier molecular flexibility index (Phi) is 6.78. The summed E-state index contributed by atoms with van der Waals surface area (Å²) >= 11 is 0.899. The molecule has 148 valence electrons. The number of nitrogens with two attached hydrogens (primary N) is 1. The van der Waals surface area contributed by atoms with E-state index in [0.29, 0.717) is 18.1 Å².